The Balaban J connectivity index is 2.23. The van der Waals surface area contributed by atoms with Gasteiger partial charge in [0.2, 0.25) is 0 Å². The molecule has 1 aliphatic heterocycles. The third-order valence-electron chi connectivity index (χ3n) is 3.05. The fraction of sp³-hybridized carbons (Fsp3) is 0.727. The molecule has 1 aromatic heterocycles. The smallest absolute Gasteiger partial charge is 0.0524 e. The van der Waals surface area contributed by atoms with Crippen LogP contribution in [-0.4, -0.2) is 23.0 Å². The van der Waals surface area contributed by atoms with E-state index in [2.05, 4.69) is 12.0 Å². The molecule has 0 N–H and O–H groups in total. The highest BCUT2D eigenvalue weighted by atomic mass is 16.5. The maximum atomic E-state index is 5.38. The van der Waals surface area contributed by atoms with Crippen LogP contribution in [0.5, 0.6) is 0 Å². The van der Waals surface area contributed by atoms with Gasteiger partial charge in [-0.05, 0) is 24.8 Å². The maximum absolute atomic E-state index is 5.38. The summed E-state index contributed by atoms with van der Waals surface area (Å²) >= 11 is 0. The third kappa shape index (κ3) is 1.69. The van der Waals surface area contributed by atoms with E-state index in [9.17, 15) is 0 Å². The van der Waals surface area contributed by atoms with Gasteiger partial charge in [0.05, 0.1) is 6.20 Å². The molecule has 0 bridgehead atoms. The summed E-state index contributed by atoms with van der Waals surface area (Å²) in [5, 5.41) is 4.34. The summed E-state index contributed by atoms with van der Waals surface area (Å²) < 4.78 is 7.42. The van der Waals surface area contributed by atoms with Crippen molar-refractivity contribution in [2.75, 3.05) is 13.2 Å². The maximum Gasteiger partial charge on any atom is 0.0524 e. The van der Waals surface area contributed by atoms with Gasteiger partial charge in [0.25, 0.3) is 0 Å². The molecule has 0 atom stereocenters. The molecule has 1 aliphatic rings. The van der Waals surface area contributed by atoms with Crippen molar-refractivity contribution >= 4 is 0 Å². The monoisotopic (exact) mass is 194 g/mol. The van der Waals surface area contributed by atoms with Gasteiger partial charge >= 0.3 is 0 Å². The van der Waals surface area contributed by atoms with Crippen LogP contribution < -0.4 is 0 Å². The van der Waals surface area contributed by atoms with Crippen LogP contribution in [0.2, 0.25) is 0 Å². The average Bonchev–Trinajstić information content (AvgIpc) is 2.61. The number of hydrogen-bond acceptors (Lipinski definition) is 2. The second-order valence-corrected chi connectivity index (χ2v) is 3.92. The first kappa shape index (κ1) is 9.71. The normalized spacial score (nSPS) is 18.7. The van der Waals surface area contributed by atoms with Gasteiger partial charge in [-0.2, -0.15) is 5.10 Å². The van der Waals surface area contributed by atoms with Crippen molar-refractivity contribution in [2.45, 2.75) is 32.1 Å². The summed E-state index contributed by atoms with van der Waals surface area (Å²) in [7, 11) is 2.05. The summed E-state index contributed by atoms with van der Waals surface area (Å²) in [5.74, 6) is 0.659. The third-order valence-corrected chi connectivity index (χ3v) is 3.05. The van der Waals surface area contributed by atoms with E-state index >= 15 is 0 Å². The van der Waals surface area contributed by atoms with Crippen LogP contribution in [0.4, 0.5) is 0 Å². The fourth-order valence-electron chi connectivity index (χ4n) is 2.26. The SMILES string of the molecule is CCc1cnn(C)c1C1CCOCC1. The first-order valence-electron chi connectivity index (χ1n) is 5.41. The molecule has 1 aromatic rings. The van der Waals surface area contributed by atoms with Crippen LogP contribution in [0.25, 0.3) is 0 Å². The molecule has 78 valence electrons. The molecule has 2 heterocycles. The first-order valence-corrected chi connectivity index (χ1v) is 5.41. The van der Waals surface area contributed by atoms with E-state index < -0.39 is 0 Å². The summed E-state index contributed by atoms with van der Waals surface area (Å²) in [4.78, 5) is 0. The molecule has 2 rings (SSSR count). The van der Waals surface area contributed by atoms with Gasteiger partial charge in [-0.1, -0.05) is 6.92 Å². The van der Waals surface area contributed by atoms with Crippen molar-refractivity contribution in [3.63, 3.8) is 0 Å². The van der Waals surface area contributed by atoms with Gasteiger partial charge < -0.3 is 4.74 Å². The zero-order valence-electron chi connectivity index (χ0n) is 8.99. The molecule has 0 spiro atoms. The lowest BCUT2D eigenvalue weighted by atomic mass is 9.93. The molecule has 3 heteroatoms. The fourth-order valence-corrected chi connectivity index (χ4v) is 2.26. The Morgan fingerprint density at radius 1 is 1.50 bits per heavy atom. The molecule has 0 amide bonds. The minimum absolute atomic E-state index is 0.659. The van der Waals surface area contributed by atoms with Gasteiger partial charge in [-0.25, -0.2) is 0 Å². The lowest BCUT2D eigenvalue weighted by Crippen LogP contribution is -2.17. The number of nitrogens with zero attached hydrogens (tertiary/aromatic N) is 2. The van der Waals surface area contributed by atoms with Crippen molar-refractivity contribution < 1.29 is 4.74 Å². The van der Waals surface area contributed by atoms with E-state index in [1.54, 1.807) is 0 Å². The molecule has 0 aliphatic carbocycles. The number of aromatic nitrogens is 2. The summed E-state index contributed by atoms with van der Waals surface area (Å²) in [6.45, 7) is 4.00. The number of hydrogen-bond donors (Lipinski definition) is 0. The van der Waals surface area contributed by atoms with Crippen molar-refractivity contribution in [3.05, 3.63) is 17.5 Å². The van der Waals surface area contributed by atoms with Crippen molar-refractivity contribution in [1.29, 1.82) is 0 Å². The highest BCUT2D eigenvalue weighted by molar-refractivity contribution is 5.22. The van der Waals surface area contributed by atoms with Crippen molar-refractivity contribution in [2.24, 2.45) is 7.05 Å². The van der Waals surface area contributed by atoms with Gasteiger partial charge in [0.1, 0.15) is 0 Å². The van der Waals surface area contributed by atoms with Crippen LogP contribution >= 0.6 is 0 Å². The van der Waals surface area contributed by atoms with E-state index in [1.165, 1.54) is 11.3 Å². The zero-order valence-corrected chi connectivity index (χ0v) is 8.99. The predicted octanol–water partition coefficient (Wildman–Crippen LogP) is 1.88. The summed E-state index contributed by atoms with van der Waals surface area (Å²) in [6, 6.07) is 0. The average molecular weight is 194 g/mol. The van der Waals surface area contributed by atoms with Gasteiger partial charge in [0, 0.05) is 31.9 Å². The van der Waals surface area contributed by atoms with Gasteiger partial charge in [-0.15, -0.1) is 0 Å². The number of ether oxygens (including phenoxy) is 1. The lowest BCUT2D eigenvalue weighted by molar-refractivity contribution is 0.0835. The molecular weight excluding hydrogens is 176 g/mol. The summed E-state index contributed by atoms with van der Waals surface area (Å²) in [6.07, 6.45) is 5.38. The van der Waals surface area contributed by atoms with Crippen molar-refractivity contribution in [1.82, 2.24) is 9.78 Å². The second-order valence-electron chi connectivity index (χ2n) is 3.92. The Kier molecular flexibility index (Phi) is 2.87. The van der Waals surface area contributed by atoms with Gasteiger partial charge in [0.15, 0.2) is 0 Å². The Labute approximate surface area is 85.1 Å². The largest absolute Gasteiger partial charge is 0.381 e. The summed E-state index contributed by atoms with van der Waals surface area (Å²) in [5.41, 5.74) is 2.83. The molecule has 3 nitrogen and oxygen atoms in total. The second kappa shape index (κ2) is 4.13. The van der Waals surface area contributed by atoms with E-state index in [0.717, 1.165) is 32.5 Å². The van der Waals surface area contributed by atoms with Crippen LogP contribution in [0, 0.1) is 0 Å². The minimum Gasteiger partial charge on any atom is -0.381 e. The molecule has 1 saturated heterocycles. The number of rotatable bonds is 2. The highest BCUT2D eigenvalue weighted by Gasteiger charge is 2.21. The van der Waals surface area contributed by atoms with Crippen LogP contribution in [0.3, 0.4) is 0 Å². The van der Waals surface area contributed by atoms with Crippen molar-refractivity contribution in [3.8, 4) is 0 Å². The molecule has 0 unspecified atom stereocenters. The molecule has 14 heavy (non-hydrogen) atoms. The van der Waals surface area contributed by atoms with Crippen LogP contribution in [0.15, 0.2) is 6.20 Å². The molecule has 0 radical (unpaired) electrons. The quantitative estimate of drug-likeness (QED) is 0.718. The minimum atomic E-state index is 0.659. The Morgan fingerprint density at radius 3 is 2.86 bits per heavy atom. The number of aryl methyl sites for hydroxylation is 2. The molecule has 1 fully saturated rings. The van der Waals surface area contributed by atoms with E-state index in [4.69, 9.17) is 4.74 Å². The first-order chi connectivity index (χ1) is 6.83. The van der Waals surface area contributed by atoms with E-state index in [0.29, 0.717) is 5.92 Å². The Bertz CT molecular complexity index is 300. The van der Waals surface area contributed by atoms with Gasteiger partial charge in [-0.3, -0.25) is 4.68 Å². The molecule has 0 saturated carbocycles. The Hall–Kier alpha value is -0.830. The standard InChI is InChI=1S/C11H18N2O/c1-3-9-8-12-13(2)11(9)10-4-6-14-7-5-10/h8,10H,3-7H2,1-2H3. The zero-order chi connectivity index (χ0) is 9.97. The van der Waals surface area contributed by atoms with Crippen LogP contribution in [0.1, 0.15) is 36.9 Å². The van der Waals surface area contributed by atoms with E-state index in [-0.39, 0.29) is 0 Å². The predicted molar refractivity (Wildman–Crippen MR) is 55.4 cm³/mol. The topological polar surface area (TPSA) is 27.1 Å². The molecular formula is C11H18N2O. The Morgan fingerprint density at radius 2 is 2.21 bits per heavy atom. The van der Waals surface area contributed by atoms with E-state index in [1.807, 2.05) is 17.9 Å². The molecule has 0 aromatic carbocycles. The highest BCUT2D eigenvalue weighted by Crippen LogP contribution is 2.29. The van der Waals surface area contributed by atoms with Crippen LogP contribution in [-0.2, 0) is 18.2 Å². The lowest BCUT2D eigenvalue weighted by Gasteiger charge is -2.23.